The van der Waals surface area contributed by atoms with Crippen LogP contribution in [0.5, 0.6) is 0 Å². The number of rotatable bonds is 3. The van der Waals surface area contributed by atoms with Gasteiger partial charge in [-0.2, -0.15) is 0 Å². The molecule has 4 rings (SSSR count). The summed E-state index contributed by atoms with van der Waals surface area (Å²) in [6.45, 7) is 2.08. The Morgan fingerprint density at radius 3 is 2.58 bits per heavy atom. The molecular formula is C17H14F2N4OS2. The molecular weight excluding hydrogens is 378 g/mol. The van der Waals surface area contributed by atoms with Gasteiger partial charge in [0.1, 0.15) is 11.6 Å². The molecule has 0 N–H and O–H groups in total. The molecule has 0 spiro atoms. The van der Waals surface area contributed by atoms with E-state index in [0.717, 1.165) is 27.1 Å². The van der Waals surface area contributed by atoms with Gasteiger partial charge in [0.15, 0.2) is 5.01 Å². The Hall–Kier alpha value is -2.39. The Kier molecular flexibility index (Phi) is 4.64. The second-order valence-electron chi connectivity index (χ2n) is 5.77. The molecule has 0 radical (unpaired) electrons. The molecule has 0 saturated carbocycles. The van der Waals surface area contributed by atoms with E-state index in [9.17, 15) is 13.6 Å². The number of amides is 1. The lowest BCUT2D eigenvalue weighted by molar-refractivity contribution is 0.0742. The molecule has 0 aliphatic carbocycles. The van der Waals surface area contributed by atoms with Gasteiger partial charge in [-0.25, -0.2) is 8.78 Å². The third-order valence-electron chi connectivity index (χ3n) is 4.15. The number of benzene rings is 1. The topological polar surface area (TPSA) is 49.3 Å². The van der Waals surface area contributed by atoms with Crippen molar-refractivity contribution >= 4 is 33.7 Å². The smallest absolute Gasteiger partial charge is 0.256 e. The highest BCUT2D eigenvalue weighted by atomic mass is 32.1. The summed E-state index contributed by atoms with van der Waals surface area (Å²) in [5.41, 5.74) is -0.101. The summed E-state index contributed by atoms with van der Waals surface area (Å²) in [6.07, 6.45) is 0. The van der Waals surface area contributed by atoms with Crippen LogP contribution in [-0.4, -0.2) is 47.2 Å². The Bertz CT molecular complexity index is 921. The number of carbonyl (C=O) groups is 1. The summed E-state index contributed by atoms with van der Waals surface area (Å²) < 4.78 is 26.8. The van der Waals surface area contributed by atoms with Gasteiger partial charge in [-0.15, -0.1) is 21.5 Å². The first-order valence-corrected chi connectivity index (χ1v) is 9.68. The summed E-state index contributed by atoms with van der Waals surface area (Å²) in [4.78, 5) is 17.2. The van der Waals surface area contributed by atoms with Gasteiger partial charge in [0.05, 0.1) is 10.4 Å². The normalized spacial score (nSPS) is 14.7. The van der Waals surface area contributed by atoms with Crippen LogP contribution in [0.3, 0.4) is 0 Å². The summed E-state index contributed by atoms with van der Waals surface area (Å²) >= 11 is 3.13. The fourth-order valence-corrected chi connectivity index (χ4v) is 4.47. The van der Waals surface area contributed by atoms with Crippen LogP contribution >= 0.6 is 22.7 Å². The van der Waals surface area contributed by atoms with E-state index < -0.39 is 17.5 Å². The van der Waals surface area contributed by atoms with E-state index in [-0.39, 0.29) is 5.56 Å². The molecule has 2 aromatic heterocycles. The van der Waals surface area contributed by atoms with Crippen molar-refractivity contribution < 1.29 is 13.6 Å². The molecule has 1 aliphatic rings. The van der Waals surface area contributed by atoms with E-state index in [2.05, 4.69) is 15.1 Å². The summed E-state index contributed by atoms with van der Waals surface area (Å²) in [5.74, 6) is -1.94. The third kappa shape index (κ3) is 3.32. The van der Waals surface area contributed by atoms with E-state index in [1.165, 1.54) is 17.4 Å². The Morgan fingerprint density at radius 1 is 1.08 bits per heavy atom. The summed E-state index contributed by atoms with van der Waals surface area (Å²) in [6, 6.07) is 7.00. The number of hydrogen-bond donors (Lipinski definition) is 0. The Labute approximate surface area is 156 Å². The molecule has 0 atom stereocenters. The lowest BCUT2D eigenvalue weighted by Crippen LogP contribution is -2.49. The van der Waals surface area contributed by atoms with E-state index in [0.29, 0.717) is 26.2 Å². The first-order valence-electron chi connectivity index (χ1n) is 7.98. The minimum atomic E-state index is -0.831. The summed E-state index contributed by atoms with van der Waals surface area (Å²) in [7, 11) is 0. The standard InChI is InChI=1S/C17H14F2N4OS2/c18-11-3-4-12(13(19)10-11)16(24)22-5-7-23(8-6-22)17-21-20-15(26-17)14-2-1-9-25-14/h1-4,9-10H,5-8H2. The number of nitrogens with zero attached hydrogens (tertiary/aromatic N) is 4. The maximum absolute atomic E-state index is 13.8. The molecule has 3 aromatic rings. The van der Waals surface area contributed by atoms with Crippen molar-refractivity contribution in [2.75, 3.05) is 31.1 Å². The van der Waals surface area contributed by atoms with E-state index >= 15 is 0 Å². The second kappa shape index (κ2) is 7.08. The van der Waals surface area contributed by atoms with Crippen molar-refractivity contribution in [2.45, 2.75) is 0 Å². The van der Waals surface area contributed by atoms with Crippen LogP contribution in [0.4, 0.5) is 13.9 Å². The first kappa shape index (κ1) is 17.0. The fraction of sp³-hybridized carbons (Fsp3) is 0.235. The van der Waals surface area contributed by atoms with Crippen molar-refractivity contribution in [1.29, 1.82) is 0 Å². The molecule has 1 aromatic carbocycles. The van der Waals surface area contributed by atoms with Crippen LogP contribution in [0.2, 0.25) is 0 Å². The number of thiophene rings is 1. The Balaban J connectivity index is 1.42. The zero-order chi connectivity index (χ0) is 18.1. The predicted octanol–water partition coefficient (Wildman–Crippen LogP) is 3.51. The molecule has 0 unspecified atom stereocenters. The highest BCUT2D eigenvalue weighted by Crippen LogP contribution is 2.31. The van der Waals surface area contributed by atoms with Gasteiger partial charge in [-0.05, 0) is 23.6 Å². The molecule has 1 amide bonds. The maximum atomic E-state index is 13.8. The van der Waals surface area contributed by atoms with E-state index in [4.69, 9.17) is 0 Å². The predicted molar refractivity (Wildman–Crippen MR) is 97.7 cm³/mol. The van der Waals surface area contributed by atoms with Crippen LogP contribution in [-0.2, 0) is 0 Å². The van der Waals surface area contributed by atoms with Gasteiger partial charge in [0.2, 0.25) is 5.13 Å². The van der Waals surface area contributed by atoms with Crippen LogP contribution in [0.1, 0.15) is 10.4 Å². The van der Waals surface area contributed by atoms with Gasteiger partial charge >= 0.3 is 0 Å². The van der Waals surface area contributed by atoms with Gasteiger partial charge in [0, 0.05) is 32.2 Å². The minimum absolute atomic E-state index is 0.101. The average Bonchev–Trinajstić information content (AvgIpc) is 3.33. The summed E-state index contributed by atoms with van der Waals surface area (Å²) in [5, 5.41) is 12.2. The average molecular weight is 392 g/mol. The van der Waals surface area contributed by atoms with Crippen LogP contribution < -0.4 is 4.90 Å². The quantitative estimate of drug-likeness (QED) is 0.685. The fourth-order valence-electron chi connectivity index (χ4n) is 2.78. The maximum Gasteiger partial charge on any atom is 0.256 e. The highest BCUT2D eigenvalue weighted by Gasteiger charge is 2.26. The minimum Gasteiger partial charge on any atom is -0.343 e. The number of anilines is 1. The van der Waals surface area contributed by atoms with Crippen molar-refractivity contribution in [3.05, 3.63) is 52.9 Å². The molecule has 9 heteroatoms. The van der Waals surface area contributed by atoms with Crippen molar-refractivity contribution in [2.24, 2.45) is 0 Å². The van der Waals surface area contributed by atoms with Crippen LogP contribution in [0.25, 0.3) is 9.88 Å². The van der Waals surface area contributed by atoms with E-state index in [1.54, 1.807) is 16.2 Å². The molecule has 134 valence electrons. The second-order valence-corrected chi connectivity index (χ2v) is 7.67. The highest BCUT2D eigenvalue weighted by molar-refractivity contribution is 7.22. The van der Waals surface area contributed by atoms with Gasteiger partial charge < -0.3 is 9.80 Å². The number of aromatic nitrogens is 2. The van der Waals surface area contributed by atoms with Crippen LogP contribution in [0.15, 0.2) is 35.7 Å². The molecule has 5 nitrogen and oxygen atoms in total. The molecule has 0 bridgehead atoms. The van der Waals surface area contributed by atoms with Gasteiger partial charge in [-0.3, -0.25) is 4.79 Å². The molecule has 26 heavy (non-hydrogen) atoms. The van der Waals surface area contributed by atoms with Gasteiger partial charge in [-0.1, -0.05) is 17.4 Å². The lowest BCUT2D eigenvalue weighted by Gasteiger charge is -2.34. The lowest BCUT2D eigenvalue weighted by atomic mass is 10.1. The molecule has 3 heterocycles. The molecule has 1 saturated heterocycles. The zero-order valence-corrected chi connectivity index (χ0v) is 15.2. The van der Waals surface area contributed by atoms with Crippen LogP contribution in [0, 0.1) is 11.6 Å². The third-order valence-corrected chi connectivity index (χ3v) is 6.17. The monoisotopic (exact) mass is 392 g/mol. The number of piperazine rings is 1. The van der Waals surface area contributed by atoms with Gasteiger partial charge in [0.25, 0.3) is 5.91 Å². The molecule has 1 aliphatic heterocycles. The molecule has 1 fully saturated rings. The van der Waals surface area contributed by atoms with Crippen molar-refractivity contribution in [3.8, 4) is 9.88 Å². The largest absolute Gasteiger partial charge is 0.343 e. The number of halogens is 2. The SMILES string of the molecule is O=C(c1ccc(F)cc1F)N1CCN(c2nnc(-c3cccs3)s2)CC1. The van der Waals surface area contributed by atoms with Crippen molar-refractivity contribution in [3.63, 3.8) is 0 Å². The number of hydrogen-bond acceptors (Lipinski definition) is 6. The Morgan fingerprint density at radius 2 is 1.88 bits per heavy atom. The first-order chi connectivity index (χ1) is 12.6. The van der Waals surface area contributed by atoms with E-state index in [1.807, 2.05) is 17.5 Å². The van der Waals surface area contributed by atoms with Crippen molar-refractivity contribution in [1.82, 2.24) is 15.1 Å². The number of carbonyl (C=O) groups excluding carboxylic acids is 1. The zero-order valence-electron chi connectivity index (χ0n) is 13.6.